The van der Waals surface area contributed by atoms with Crippen LogP contribution in [0.3, 0.4) is 0 Å². The van der Waals surface area contributed by atoms with Crippen molar-refractivity contribution in [1.82, 2.24) is 4.31 Å². The highest BCUT2D eigenvalue weighted by molar-refractivity contribution is 7.78. The zero-order chi connectivity index (χ0) is 24.1. The van der Waals surface area contributed by atoms with Gasteiger partial charge in [0.1, 0.15) is 11.7 Å². The van der Waals surface area contributed by atoms with Crippen molar-refractivity contribution in [3.63, 3.8) is 0 Å². The highest BCUT2D eigenvalue weighted by Gasteiger charge is 2.31. The number of nitro groups is 1. The Kier molecular flexibility index (Phi) is 7.12. The van der Waals surface area contributed by atoms with Crippen LogP contribution in [-0.2, 0) is 17.6 Å². The number of urea groups is 1. The molecule has 1 aliphatic rings. The standard InChI is InChI=1S/C25H24N4O4S/c30-24(26-20-15-8-12-17-9-4-5-13-19(17)20)23(18-10-2-1-3-11-18)28(34)25(31)27-21-14-6-7-16-22(21)29(32)33/h1-3,6-8,10-12,14-16,23,34H,4-5,9,13H2,(H,26,30)(H,27,31). The minimum absolute atomic E-state index is 0.0147. The van der Waals surface area contributed by atoms with Crippen LogP contribution in [0.4, 0.5) is 21.9 Å². The fourth-order valence-electron chi connectivity index (χ4n) is 4.17. The van der Waals surface area contributed by atoms with Gasteiger partial charge in [-0.3, -0.25) is 19.2 Å². The van der Waals surface area contributed by atoms with Crippen LogP contribution in [0.1, 0.15) is 35.6 Å². The Labute approximate surface area is 202 Å². The summed E-state index contributed by atoms with van der Waals surface area (Å²) in [5.41, 5.74) is 3.37. The molecule has 0 saturated heterocycles. The average Bonchev–Trinajstić information content (AvgIpc) is 2.85. The van der Waals surface area contributed by atoms with Gasteiger partial charge >= 0.3 is 6.03 Å². The number of para-hydroxylation sites is 2. The maximum Gasteiger partial charge on any atom is 0.332 e. The van der Waals surface area contributed by atoms with Crippen molar-refractivity contribution in [2.45, 2.75) is 31.7 Å². The van der Waals surface area contributed by atoms with Crippen LogP contribution in [0.2, 0.25) is 0 Å². The number of hydrogen-bond acceptors (Lipinski definition) is 5. The third-order valence-electron chi connectivity index (χ3n) is 5.81. The second-order valence-corrected chi connectivity index (χ2v) is 8.43. The topological polar surface area (TPSA) is 105 Å². The minimum atomic E-state index is -1.08. The normalized spacial score (nSPS) is 13.3. The van der Waals surface area contributed by atoms with Gasteiger partial charge in [-0.05, 0) is 54.5 Å². The molecule has 0 fully saturated rings. The zero-order valence-corrected chi connectivity index (χ0v) is 19.2. The van der Waals surface area contributed by atoms with E-state index in [9.17, 15) is 19.7 Å². The van der Waals surface area contributed by atoms with Gasteiger partial charge in [0.05, 0.1) is 4.92 Å². The van der Waals surface area contributed by atoms with Crippen LogP contribution in [0.25, 0.3) is 0 Å². The van der Waals surface area contributed by atoms with Gasteiger partial charge in [-0.2, -0.15) is 0 Å². The van der Waals surface area contributed by atoms with Crippen molar-refractivity contribution in [3.8, 4) is 0 Å². The highest BCUT2D eigenvalue weighted by atomic mass is 32.1. The van der Waals surface area contributed by atoms with E-state index >= 15 is 0 Å². The first-order chi connectivity index (χ1) is 16.5. The first kappa shape index (κ1) is 23.3. The fraction of sp³-hybridized carbons (Fsp3) is 0.200. The largest absolute Gasteiger partial charge is 0.332 e. The van der Waals surface area contributed by atoms with Gasteiger partial charge in [0, 0.05) is 11.8 Å². The van der Waals surface area contributed by atoms with Crippen molar-refractivity contribution in [2.75, 3.05) is 10.6 Å². The van der Waals surface area contributed by atoms with Crippen LogP contribution < -0.4 is 10.6 Å². The highest BCUT2D eigenvalue weighted by Crippen LogP contribution is 2.31. The summed E-state index contributed by atoms with van der Waals surface area (Å²) in [5, 5.41) is 16.8. The van der Waals surface area contributed by atoms with Gasteiger partial charge in [0.15, 0.2) is 0 Å². The number of nitrogens with zero attached hydrogens (tertiary/aromatic N) is 2. The third-order valence-corrected chi connectivity index (χ3v) is 6.23. The van der Waals surface area contributed by atoms with E-state index in [-0.39, 0.29) is 11.4 Å². The lowest BCUT2D eigenvalue weighted by Crippen LogP contribution is -2.38. The number of hydrogen-bond donors (Lipinski definition) is 3. The quantitative estimate of drug-likeness (QED) is 0.247. The number of anilines is 2. The lowest BCUT2D eigenvalue weighted by molar-refractivity contribution is -0.383. The number of benzene rings is 3. The van der Waals surface area contributed by atoms with E-state index < -0.39 is 22.9 Å². The summed E-state index contributed by atoms with van der Waals surface area (Å²) in [6.45, 7) is 0. The van der Waals surface area contributed by atoms with Crippen molar-refractivity contribution in [3.05, 3.63) is 99.6 Å². The van der Waals surface area contributed by atoms with E-state index in [1.54, 1.807) is 30.3 Å². The summed E-state index contributed by atoms with van der Waals surface area (Å²) in [5.74, 6) is -0.433. The third kappa shape index (κ3) is 5.04. The first-order valence-electron chi connectivity index (χ1n) is 10.9. The molecule has 0 aromatic heterocycles. The predicted octanol–water partition coefficient (Wildman–Crippen LogP) is 5.53. The molecule has 34 heavy (non-hydrogen) atoms. The van der Waals surface area contributed by atoms with Crippen molar-refractivity contribution in [1.29, 1.82) is 0 Å². The number of fused-ring (bicyclic) bond motifs is 1. The summed E-state index contributed by atoms with van der Waals surface area (Å²) in [6, 6.07) is 18.6. The Morgan fingerprint density at radius 2 is 1.56 bits per heavy atom. The molecule has 4 rings (SSSR count). The van der Waals surface area contributed by atoms with Gasteiger partial charge in [-0.1, -0.05) is 67.4 Å². The number of thiol groups is 1. The molecule has 1 aliphatic carbocycles. The van der Waals surface area contributed by atoms with Gasteiger partial charge in [0.2, 0.25) is 0 Å². The second kappa shape index (κ2) is 10.4. The van der Waals surface area contributed by atoms with E-state index in [0.717, 1.165) is 41.2 Å². The van der Waals surface area contributed by atoms with Crippen LogP contribution >= 0.6 is 12.8 Å². The molecule has 0 spiro atoms. The molecular formula is C25H24N4O4S. The Hall–Kier alpha value is -3.85. The van der Waals surface area contributed by atoms with Gasteiger partial charge in [-0.15, -0.1) is 0 Å². The molecule has 0 bridgehead atoms. The monoisotopic (exact) mass is 476 g/mol. The van der Waals surface area contributed by atoms with E-state index in [4.69, 9.17) is 0 Å². The molecular weight excluding hydrogens is 452 g/mol. The maximum absolute atomic E-state index is 13.5. The Morgan fingerprint density at radius 3 is 2.32 bits per heavy atom. The molecule has 3 aromatic rings. The van der Waals surface area contributed by atoms with Gasteiger partial charge < -0.3 is 10.6 Å². The first-order valence-corrected chi connectivity index (χ1v) is 11.3. The molecule has 2 N–H and O–H groups in total. The molecule has 1 atom stereocenters. The lowest BCUT2D eigenvalue weighted by Gasteiger charge is -2.27. The van der Waals surface area contributed by atoms with E-state index in [2.05, 4.69) is 29.5 Å². The van der Waals surface area contributed by atoms with E-state index in [1.165, 1.54) is 23.8 Å². The molecule has 1 unspecified atom stereocenters. The van der Waals surface area contributed by atoms with Crippen LogP contribution in [-0.4, -0.2) is 21.2 Å². The maximum atomic E-state index is 13.5. The number of nitro benzene ring substituents is 1. The van der Waals surface area contributed by atoms with Gasteiger partial charge in [0.25, 0.3) is 11.6 Å². The number of nitrogens with one attached hydrogen (secondary N) is 2. The molecule has 3 aromatic carbocycles. The number of carbonyl (C=O) groups excluding carboxylic acids is 2. The SMILES string of the molecule is O=C(Nc1cccc2c1CCCC2)C(c1ccccc1)N(S)C(=O)Nc1ccccc1[N+](=O)[O-]. The molecule has 0 aliphatic heterocycles. The Balaban J connectivity index is 1.61. The fourth-order valence-corrected chi connectivity index (χ4v) is 4.45. The van der Waals surface area contributed by atoms with Crippen LogP contribution in [0.5, 0.6) is 0 Å². The lowest BCUT2D eigenvalue weighted by atomic mass is 9.90. The number of aryl methyl sites for hydroxylation is 1. The average molecular weight is 477 g/mol. The summed E-state index contributed by atoms with van der Waals surface area (Å²) in [6.07, 6.45) is 4.02. The number of rotatable bonds is 6. The second-order valence-electron chi connectivity index (χ2n) is 8.00. The van der Waals surface area contributed by atoms with Gasteiger partial charge in [-0.25, -0.2) is 4.79 Å². The summed E-state index contributed by atoms with van der Waals surface area (Å²) >= 11 is 4.34. The van der Waals surface area contributed by atoms with Crippen LogP contribution in [0, 0.1) is 10.1 Å². The predicted molar refractivity (Wildman–Crippen MR) is 134 cm³/mol. The minimum Gasteiger partial charge on any atom is -0.324 e. The Bertz CT molecular complexity index is 1220. The molecule has 0 heterocycles. The molecule has 8 nitrogen and oxygen atoms in total. The van der Waals surface area contributed by atoms with E-state index in [1.807, 2.05) is 18.2 Å². The van der Waals surface area contributed by atoms with Crippen molar-refractivity contribution in [2.24, 2.45) is 0 Å². The number of carbonyl (C=O) groups is 2. The van der Waals surface area contributed by atoms with Crippen molar-refractivity contribution >= 4 is 41.8 Å². The smallest absolute Gasteiger partial charge is 0.324 e. The molecule has 0 radical (unpaired) electrons. The molecule has 0 saturated carbocycles. The van der Waals surface area contributed by atoms with E-state index in [0.29, 0.717) is 5.56 Å². The Morgan fingerprint density at radius 1 is 0.882 bits per heavy atom. The summed E-state index contributed by atoms with van der Waals surface area (Å²) in [7, 11) is 0. The summed E-state index contributed by atoms with van der Waals surface area (Å²) in [4.78, 5) is 37.2. The zero-order valence-electron chi connectivity index (χ0n) is 18.3. The number of amides is 3. The van der Waals surface area contributed by atoms with Crippen LogP contribution in [0.15, 0.2) is 72.8 Å². The molecule has 174 valence electrons. The summed E-state index contributed by atoms with van der Waals surface area (Å²) < 4.78 is 0.955. The molecule has 3 amide bonds. The molecule has 9 heteroatoms. The van der Waals surface area contributed by atoms with Crippen molar-refractivity contribution < 1.29 is 14.5 Å².